The van der Waals surface area contributed by atoms with Crippen molar-refractivity contribution in [2.24, 2.45) is 0 Å². The molecule has 0 bridgehead atoms. The van der Waals surface area contributed by atoms with Crippen LogP contribution in [0, 0.1) is 0 Å². The topological polar surface area (TPSA) is 41.5 Å². The molecule has 0 spiro atoms. The fourth-order valence-corrected chi connectivity index (χ4v) is 1.08. The summed E-state index contributed by atoms with van der Waals surface area (Å²) in [5.41, 5.74) is 0. The first-order chi connectivity index (χ1) is 7.06. The van der Waals surface area contributed by atoms with Crippen LogP contribution in [0.1, 0.15) is 25.7 Å². The van der Waals surface area contributed by atoms with Crippen LogP contribution in [-0.4, -0.2) is 37.8 Å². The first kappa shape index (κ1) is 14.7. The lowest BCUT2D eigenvalue weighted by molar-refractivity contribution is -0.323. The Kier molecular flexibility index (Phi) is 8.74. The first-order valence-corrected chi connectivity index (χ1v) is 5.08. The molecule has 0 aromatic heterocycles. The second kappa shape index (κ2) is 8.94. The third-order valence-electron chi connectivity index (χ3n) is 1.81. The van der Waals surface area contributed by atoms with E-state index in [1.165, 1.54) is 0 Å². The quantitative estimate of drug-likeness (QED) is 0.591. The number of nitrogens with one attached hydrogen (secondary N) is 1. The summed E-state index contributed by atoms with van der Waals surface area (Å²) >= 11 is 0. The molecule has 0 aliphatic heterocycles. The zero-order valence-electron chi connectivity index (χ0n) is 8.65. The van der Waals surface area contributed by atoms with E-state index in [9.17, 15) is 13.2 Å². The summed E-state index contributed by atoms with van der Waals surface area (Å²) in [4.78, 5) is 0. The van der Waals surface area contributed by atoms with E-state index in [1.807, 2.05) is 0 Å². The highest BCUT2D eigenvalue weighted by Gasteiger charge is 2.28. The summed E-state index contributed by atoms with van der Waals surface area (Å²) in [5.74, 6) is 0. The minimum atomic E-state index is -4.52. The highest BCUT2D eigenvalue weighted by molar-refractivity contribution is 4.48. The molecule has 0 saturated carbocycles. The molecule has 0 aliphatic carbocycles. The Bertz CT molecular complexity index is 142. The third kappa shape index (κ3) is 13.7. The number of hydrogen-bond donors (Lipinski definition) is 2. The van der Waals surface area contributed by atoms with E-state index in [1.54, 1.807) is 0 Å². The molecular formula is C9H18F3NO2. The Hall–Kier alpha value is -0.330. The van der Waals surface area contributed by atoms with Crippen LogP contribution in [0.25, 0.3) is 0 Å². The van der Waals surface area contributed by atoms with Crippen LogP contribution in [0.2, 0.25) is 0 Å². The van der Waals surface area contributed by atoms with Gasteiger partial charge in [0.2, 0.25) is 0 Å². The van der Waals surface area contributed by atoms with Crippen molar-refractivity contribution in [2.45, 2.75) is 32.0 Å². The van der Waals surface area contributed by atoms with Crippen molar-refractivity contribution >= 4 is 0 Å². The Morgan fingerprint density at radius 2 is 1.67 bits per heavy atom. The zero-order valence-corrected chi connectivity index (χ0v) is 8.65. The molecule has 3 nitrogen and oxygen atoms in total. The van der Waals surface area contributed by atoms with Crippen LogP contribution < -0.4 is 5.32 Å². The minimum absolute atomic E-state index is 0.201. The van der Waals surface area contributed by atoms with Gasteiger partial charge in [-0.25, -0.2) is 0 Å². The summed E-state index contributed by atoms with van der Waals surface area (Å²) in [5, 5.41) is 11.3. The number of unbranched alkanes of at least 4 members (excludes halogenated alkanes) is 3. The lowest BCUT2D eigenvalue weighted by Crippen LogP contribution is -2.24. The second-order valence-corrected chi connectivity index (χ2v) is 3.18. The Morgan fingerprint density at radius 1 is 1.00 bits per heavy atom. The molecule has 0 amide bonds. The lowest BCUT2D eigenvalue weighted by Gasteiger charge is -2.07. The summed E-state index contributed by atoms with van der Waals surface area (Å²) in [6, 6.07) is 0. The van der Waals surface area contributed by atoms with Gasteiger partial charge in [-0.05, 0) is 19.4 Å². The number of hydrogen-bond acceptors (Lipinski definition) is 3. The van der Waals surface area contributed by atoms with E-state index < -0.39 is 6.36 Å². The van der Waals surface area contributed by atoms with Gasteiger partial charge in [0.1, 0.15) is 0 Å². The van der Waals surface area contributed by atoms with Crippen LogP contribution in [0.4, 0.5) is 13.2 Å². The van der Waals surface area contributed by atoms with Gasteiger partial charge in [-0.15, -0.1) is 13.2 Å². The normalized spacial score (nSPS) is 12.0. The van der Waals surface area contributed by atoms with Crippen LogP contribution in [-0.2, 0) is 4.74 Å². The fourth-order valence-electron chi connectivity index (χ4n) is 1.08. The number of halogens is 3. The third-order valence-corrected chi connectivity index (χ3v) is 1.81. The maximum absolute atomic E-state index is 11.5. The largest absolute Gasteiger partial charge is 0.522 e. The first-order valence-electron chi connectivity index (χ1n) is 5.08. The second-order valence-electron chi connectivity index (χ2n) is 3.18. The van der Waals surface area contributed by atoms with Crippen LogP contribution >= 0.6 is 0 Å². The molecule has 15 heavy (non-hydrogen) atoms. The van der Waals surface area contributed by atoms with Gasteiger partial charge in [0, 0.05) is 13.2 Å². The van der Waals surface area contributed by atoms with E-state index >= 15 is 0 Å². The van der Waals surface area contributed by atoms with Crippen LogP contribution in [0.3, 0.4) is 0 Å². The number of aliphatic hydroxyl groups excluding tert-OH is 1. The number of ether oxygens (including phenoxy) is 1. The average Bonchev–Trinajstić information content (AvgIpc) is 2.14. The van der Waals surface area contributed by atoms with Crippen molar-refractivity contribution < 1.29 is 23.0 Å². The molecule has 92 valence electrons. The van der Waals surface area contributed by atoms with Gasteiger partial charge in [-0.1, -0.05) is 12.8 Å². The van der Waals surface area contributed by atoms with Crippen LogP contribution in [0.15, 0.2) is 0 Å². The molecule has 6 heteroatoms. The summed E-state index contributed by atoms with van der Waals surface area (Å²) in [6.07, 6.45) is -0.892. The molecule has 0 radical (unpaired) electrons. The van der Waals surface area contributed by atoms with Gasteiger partial charge in [-0.3, -0.25) is 4.74 Å². The number of aliphatic hydroxyl groups is 1. The molecule has 0 aromatic carbocycles. The standard InChI is InChI=1S/C9H18F3NO2/c10-9(11,12)15-8-6-13-5-3-1-2-4-7-14/h13-14H,1-8H2. The van der Waals surface area contributed by atoms with Crippen molar-refractivity contribution in [2.75, 3.05) is 26.3 Å². The SMILES string of the molecule is OCCCCCCNCCOC(F)(F)F. The highest BCUT2D eigenvalue weighted by Crippen LogP contribution is 2.15. The monoisotopic (exact) mass is 229 g/mol. The molecule has 0 aromatic rings. The Morgan fingerprint density at radius 3 is 2.27 bits per heavy atom. The predicted octanol–water partition coefficient (Wildman–Crippen LogP) is 1.67. The molecule has 0 unspecified atom stereocenters. The van der Waals surface area contributed by atoms with Gasteiger partial charge in [0.25, 0.3) is 0 Å². The van der Waals surface area contributed by atoms with Gasteiger partial charge in [-0.2, -0.15) is 0 Å². The summed E-state index contributed by atoms with van der Waals surface area (Å²) < 4.78 is 38.1. The molecule has 0 aliphatic rings. The zero-order chi connectivity index (χ0) is 11.6. The molecule has 0 fully saturated rings. The molecule has 0 heterocycles. The summed E-state index contributed by atoms with van der Waals surface area (Å²) in [7, 11) is 0. The predicted molar refractivity (Wildman–Crippen MR) is 50.4 cm³/mol. The summed E-state index contributed by atoms with van der Waals surface area (Å²) in [6.45, 7) is 0.749. The molecular weight excluding hydrogens is 211 g/mol. The van der Waals surface area contributed by atoms with Crippen LogP contribution in [0.5, 0.6) is 0 Å². The number of alkyl halides is 3. The average molecular weight is 229 g/mol. The van der Waals surface area contributed by atoms with E-state index in [4.69, 9.17) is 5.11 Å². The molecule has 0 atom stereocenters. The maximum Gasteiger partial charge on any atom is 0.522 e. The maximum atomic E-state index is 11.5. The van der Waals surface area contributed by atoms with Gasteiger partial charge >= 0.3 is 6.36 Å². The van der Waals surface area contributed by atoms with E-state index in [-0.39, 0.29) is 19.8 Å². The highest BCUT2D eigenvalue weighted by atomic mass is 19.4. The van der Waals surface area contributed by atoms with Crippen molar-refractivity contribution in [1.82, 2.24) is 5.32 Å². The van der Waals surface area contributed by atoms with E-state index in [2.05, 4.69) is 10.1 Å². The Balaban J connectivity index is 2.99. The van der Waals surface area contributed by atoms with Gasteiger partial charge in [0.15, 0.2) is 0 Å². The van der Waals surface area contributed by atoms with E-state index in [0.717, 1.165) is 25.7 Å². The lowest BCUT2D eigenvalue weighted by atomic mass is 10.2. The van der Waals surface area contributed by atoms with Crippen molar-refractivity contribution in [3.8, 4) is 0 Å². The van der Waals surface area contributed by atoms with Crippen molar-refractivity contribution in [1.29, 1.82) is 0 Å². The van der Waals surface area contributed by atoms with Crippen molar-refractivity contribution in [3.05, 3.63) is 0 Å². The van der Waals surface area contributed by atoms with Gasteiger partial charge in [0.05, 0.1) is 6.61 Å². The fraction of sp³-hybridized carbons (Fsp3) is 1.00. The molecule has 0 saturated heterocycles. The van der Waals surface area contributed by atoms with E-state index in [0.29, 0.717) is 6.54 Å². The smallest absolute Gasteiger partial charge is 0.396 e. The molecule has 0 rings (SSSR count). The minimum Gasteiger partial charge on any atom is -0.396 e. The van der Waals surface area contributed by atoms with Crippen molar-refractivity contribution in [3.63, 3.8) is 0 Å². The Labute approximate surface area is 87.6 Å². The number of rotatable bonds is 9. The van der Waals surface area contributed by atoms with Gasteiger partial charge < -0.3 is 10.4 Å². The molecule has 2 N–H and O–H groups in total.